The van der Waals surface area contributed by atoms with Crippen molar-refractivity contribution in [3.63, 3.8) is 0 Å². The van der Waals surface area contributed by atoms with Crippen LogP contribution in [-0.4, -0.2) is 56.5 Å². The summed E-state index contributed by atoms with van der Waals surface area (Å²) in [6, 6.07) is 7.96. The molecule has 1 aromatic carbocycles. The van der Waals surface area contributed by atoms with Crippen LogP contribution in [0.1, 0.15) is 5.56 Å². The van der Waals surface area contributed by atoms with E-state index in [1.807, 2.05) is 24.3 Å². The molecule has 0 aromatic heterocycles. The second-order valence-electron chi connectivity index (χ2n) is 4.91. The third-order valence-corrected chi connectivity index (χ3v) is 3.69. The van der Waals surface area contributed by atoms with Crippen molar-refractivity contribution in [2.75, 3.05) is 46.5 Å². The lowest BCUT2D eigenvalue weighted by atomic mass is 10.2. The Kier molecular flexibility index (Phi) is 6.72. The first-order valence-corrected chi connectivity index (χ1v) is 7.63. The summed E-state index contributed by atoms with van der Waals surface area (Å²) in [5.74, 6) is 0.862. The van der Waals surface area contributed by atoms with E-state index in [9.17, 15) is 0 Å². The van der Waals surface area contributed by atoms with Gasteiger partial charge >= 0.3 is 0 Å². The third-order valence-electron chi connectivity index (χ3n) is 3.40. The van der Waals surface area contributed by atoms with E-state index in [4.69, 9.17) is 21.7 Å². The predicted molar refractivity (Wildman–Crippen MR) is 87.7 cm³/mol. The second-order valence-corrected chi connectivity index (χ2v) is 5.32. The number of morpholine rings is 1. The normalized spacial score (nSPS) is 15.5. The van der Waals surface area contributed by atoms with E-state index in [1.165, 1.54) is 0 Å². The van der Waals surface area contributed by atoms with Crippen LogP contribution >= 0.6 is 12.2 Å². The molecule has 0 spiro atoms. The van der Waals surface area contributed by atoms with Gasteiger partial charge in [0, 0.05) is 32.7 Å². The van der Waals surface area contributed by atoms with E-state index in [0.717, 1.165) is 50.7 Å². The number of nitrogens with one attached hydrogen (secondary N) is 2. The lowest BCUT2D eigenvalue weighted by Crippen LogP contribution is -2.43. The first kappa shape index (κ1) is 16.0. The quantitative estimate of drug-likeness (QED) is 0.764. The molecule has 1 heterocycles. The van der Waals surface area contributed by atoms with E-state index < -0.39 is 0 Å². The molecule has 2 N–H and O–H groups in total. The Labute approximate surface area is 131 Å². The van der Waals surface area contributed by atoms with Crippen LogP contribution in [0.15, 0.2) is 24.3 Å². The topological polar surface area (TPSA) is 45.8 Å². The van der Waals surface area contributed by atoms with Gasteiger partial charge < -0.3 is 20.1 Å². The van der Waals surface area contributed by atoms with Crippen LogP contribution in [0, 0.1) is 0 Å². The molecular formula is C15H23N3O2S. The van der Waals surface area contributed by atoms with Gasteiger partial charge in [0.15, 0.2) is 5.11 Å². The molecule has 1 aromatic rings. The molecule has 116 valence electrons. The SMILES string of the molecule is COc1cccc(CNC(=S)NCCN2CCOCC2)c1. The molecule has 0 aliphatic carbocycles. The zero-order valence-corrected chi connectivity index (χ0v) is 13.2. The minimum Gasteiger partial charge on any atom is -0.497 e. The van der Waals surface area contributed by atoms with Gasteiger partial charge in [-0.25, -0.2) is 0 Å². The molecule has 0 amide bonds. The Morgan fingerprint density at radius 1 is 1.33 bits per heavy atom. The molecular weight excluding hydrogens is 286 g/mol. The van der Waals surface area contributed by atoms with Gasteiger partial charge in [0.25, 0.3) is 0 Å². The highest BCUT2D eigenvalue weighted by Gasteiger charge is 2.09. The van der Waals surface area contributed by atoms with Crippen molar-refractivity contribution in [3.05, 3.63) is 29.8 Å². The van der Waals surface area contributed by atoms with Crippen LogP contribution in [-0.2, 0) is 11.3 Å². The molecule has 1 aliphatic heterocycles. The van der Waals surface area contributed by atoms with Crippen LogP contribution < -0.4 is 15.4 Å². The Bertz CT molecular complexity index is 450. The number of hydrogen-bond acceptors (Lipinski definition) is 4. The van der Waals surface area contributed by atoms with Crippen molar-refractivity contribution in [1.82, 2.24) is 15.5 Å². The fourth-order valence-electron chi connectivity index (χ4n) is 2.18. The summed E-state index contributed by atoms with van der Waals surface area (Å²) in [4.78, 5) is 2.38. The van der Waals surface area contributed by atoms with Gasteiger partial charge in [0.1, 0.15) is 5.75 Å². The molecule has 0 unspecified atom stereocenters. The molecule has 5 nitrogen and oxygen atoms in total. The summed E-state index contributed by atoms with van der Waals surface area (Å²) in [6.45, 7) is 6.21. The summed E-state index contributed by atoms with van der Waals surface area (Å²) in [6.07, 6.45) is 0. The highest BCUT2D eigenvalue weighted by molar-refractivity contribution is 7.80. The van der Waals surface area contributed by atoms with Crippen LogP contribution in [0.2, 0.25) is 0 Å². The Morgan fingerprint density at radius 2 is 2.14 bits per heavy atom. The number of nitrogens with zero attached hydrogens (tertiary/aromatic N) is 1. The van der Waals surface area contributed by atoms with Gasteiger partial charge in [-0.05, 0) is 29.9 Å². The molecule has 0 bridgehead atoms. The van der Waals surface area contributed by atoms with Crippen molar-refractivity contribution in [2.45, 2.75) is 6.54 Å². The standard InChI is InChI=1S/C15H23N3O2S/c1-19-14-4-2-3-13(11-14)12-17-15(21)16-5-6-18-7-9-20-10-8-18/h2-4,11H,5-10,12H2,1H3,(H2,16,17,21). The average molecular weight is 309 g/mol. The van der Waals surface area contributed by atoms with E-state index >= 15 is 0 Å². The largest absolute Gasteiger partial charge is 0.497 e. The van der Waals surface area contributed by atoms with E-state index in [-0.39, 0.29) is 0 Å². The maximum Gasteiger partial charge on any atom is 0.166 e. The Morgan fingerprint density at radius 3 is 2.90 bits per heavy atom. The van der Waals surface area contributed by atoms with Crippen LogP contribution in [0.5, 0.6) is 5.75 Å². The molecule has 21 heavy (non-hydrogen) atoms. The van der Waals surface area contributed by atoms with Gasteiger partial charge in [-0.2, -0.15) is 0 Å². The van der Waals surface area contributed by atoms with Crippen LogP contribution in [0.4, 0.5) is 0 Å². The van der Waals surface area contributed by atoms with Crippen molar-refractivity contribution in [2.24, 2.45) is 0 Å². The number of ether oxygens (including phenoxy) is 2. The van der Waals surface area contributed by atoms with Gasteiger partial charge in [-0.15, -0.1) is 0 Å². The van der Waals surface area contributed by atoms with Crippen molar-refractivity contribution >= 4 is 17.3 Å². The highest BCUT2D eigenvalue weighted by Crippen LogP contribution is 2.11. The fraction of sp³-hybridized carbons (Fsp3) is 0.533. The zero-order valence-electron chi connectivity index (χ0n) is 12.4. The van der Waals surface area contributed by atoms with Crippen molar-refractivity contribution in [1.29, 1.82) is 0 Å². The van der Waals surface area contributed by atoms with Crippen molar-refractivity contribution < 1.29 is 9.47 Å². The zero-order chi connectivity index (χ0) is 14.9. The van der Waals surface area contributed by atoms with Crippen LogP contribution in [0.3, 0.4) is 0 Å². The van der Waals surface area contributed by atoms with Gasteiger partial charge in [0.2, 0.25) is 0 Å². The lowest BCUT2D eigenvalue weighted by molar-refractivity contribution is 0.0389. The van der Waals surface area contributed by atoms with E-state index in [1.54, 1.807) is 7.11 Å². The first-order valence-electron chi connectivity index (χ1n) is 7.22. The predicted octanol–water partition coefficient (Wildman–Crippen LogP) is 0.992. The Balaban J connectivity index is 1.62. The molecule has 0 atom stereocenters. The number of thiocarbonyl (C=S) groups is 1. The van der Waals surface area contributed by atoms with E-state index in [0.29, 0.717) is 11.7 Å². The smallest absolute Gasteiger partial charge is 0.166 e. The molecule has 6 heteroatoms. The minimum absolute atomic E-state index is 0.686. The molecule has 0 radical (unpaired) electrons. The molecule has 1 saturated heterocycles. The Hall–Kier alpha value is -1.37. The van der Waals surface area contributed by atoms with Gasteiger partial charge in [-0.3, -0.25) is 4.90 Å². The van der Waals surface area contributed by atoms with Gasteiger partial charge in [0.05, 0.1) is 20.3 Å². The summed E-state index contributed by atoms with van der Waals surface area (Å²) in [7, 11) is 1.67. The summed E-state index contributed by atoms with van der Waals surface area (Å²) < 4.78 is 10.5. The monoisotopic (exact) mass is 309 g/mol. The molecule has 1 aliphatic rings. The molecule has 0 saturated carbocycles. The lowest BCUT2D eigenvalue weighted by Gasteiger charge is -2.26. The number of hydrogen-bond donors (Lipinski definition) is 2. The van der Waals surface area contributed by atoms with Gasteiger partial charge in [-0.1, -0.05) is 12.1 Å². The number of benzene rings is 1. The average Bonchev–Trinajstić information content (AvgIpc) is 2.54. The molecule has 2 rings (SSSR count). The van der Waals surface area contributed by atoms with Crippen LogP contribution in [0.25, 0.3) is 0 Å². The second kappa shape index (κ2) is 8.81. The molecule has 1 fully saturated rings. The summed E-state index contributed by atoms with van der Waals surface area (Å²) >= 11 is 5.28. The number of rotatable bonds is 6. The van der Waals surface area contributed by atoms with E-state index in [2.05, 4.69) is 15.5 Å². The van der Waals surface area contributed by atoms with Crippen molar-refractivity contribution in [3.8, 4) is 5.75 Å². The first-order chi connectivity index (χ1) is 10.3. The summed E-state index contributed by atoms with van der Waals surface area (Å²) in [5, 5.41) is 7.13. The highest BCUT2D eigenvalue weighted by atomic mass is 32.1. The maximum absolute atomic E-state index is 5.32. The fourth-order valence-corrected chi connectivity index (χ4v) is 2.35. The number of methoxy groups -OCH3 is 1. The summed E-state index contributed by atoms with van der Waals surface area (Å²) in [5.41, 5.74) is 1.15. The third kappa shape index (κ3) is 5.87. The minimum atomic E-state index is 0.686. The maximum atomic E-state index is 5.32.